The Balaban J connectivity index is 1.87. The number of rotatable bonds is 4. The first-order valence-corrected chi connectivity index (χ1v) is 10.1. The summed E-state index contributed by atoms with van der Waals surface area (Å²) in [6, 6.07) is 22.0. The lowest BCUT2D eigenvalue weighted by atomic mass is 10.1. The maximum atomic E-state index is 13.7. The van der Waals surface area contributed by atoms with Crippen molar-refractivity contribution in [3.63, 3.8) is 0 Å². The molecule has 0 aliphatic heterocycles. The van der Waals surface area contributed by atoms with Crippen molar-refractivity contribution in [3.8, 4) is 11.3 Å². The van der Waals surface area contributed by atoms with Gasteiger partial charge in [-0.15, -0.1) is 0 Å². The molecule has 0 saturated heterocycles. The zero-order valence-electron chi connectivity index (χ0n) is 15.1. The predicted octanol–water partition coefficient (Wildman–Crippen LogP) is 4.77. The molecule has 0 amide bonds. The van der Waals surface area contributed by atoms with E-state index in [-0.39, 0.29) is 4.90 Å². The van der Waals surface area contributed by atoms with Gasteiger partial charge >= 0.3 is 0 Å². The lowest BCUT2D eigenvalue weighted by Gasteiger charge is -2.18. The van der Waals surface area contributed by atoms with E-state index < -0.39 is 15.8 Å². The Kier molecular flexibility index (Phi) is 4.57. The monoisotopic (exact) mass is 392 g/mol. The quantitative estimate of drug-likeness (QED) is 0.470. The molecule has 4 nitrogen and oxygen atoms in total. The number of hydrogen-bond acceptors (Lipinski definition) is 2. The Bertz CT molecular complexity index is 1260. The molecule has 140 valence electrons. The van der Waals surface area contributed by atoms with Crippen LogP contribution in [-0.2, 0) is 10.0 Å². The van der Waals surface area contributed by atoms with Crippen LogP contribution in [0.1, 0.15) is 5.56 Å². The van der Waals surface area contributed by atoms with Gasteiger partial charge in [0.15, 0.2) is 16.2 Å². The van der Waals surface area contributed by atoms with Crippen LogP contribution in [0, 0.1) is 12.7 Å². The van der Waals surface area contributed by atoms with E-state index in [0.29, 0.717) is 11.1 Å². The first-order valence-electron chi connectivity index (χ1n) is 8.68. The number of nitrogens with zero attached hydrogens (tertiary/aromatic N) is 2. The van der Waals surface area contributed by atoms with Gasteiger partial charge < -0.3 is 4.83 Å². The molecule has 0 saturated carbocycles. The molecule has 3 aromatic carbocycles. The van der Waals surface area contributed by atoms with Gasteiger partial charge in [-0.3, -0.25) is 0 Å². The number of fused-ring (bicyclic) bond motifs is 1. The second-order valence-electron chi connectivity index (χ2n) is 6.51. The number of hydrogen-bond donors (Lipinski definition) is 0. The molecule has 0 spiro atoms. The van der Waals surface area contributed by atoms with Crippen LogP contribution >= 0.6 is 0 Å². The van der Waals surface area contributed by atoms with Gasteiger partial charge in [0.05, 0.1) is 4.90 Å². The first-order chi connectivity index (χ1) is 13.4. The van der Waals surface area contributed by atoms with Gasteiger partial charge in [-0.1, -0.05) is 42.0 Å². The Morgan fingerprint density at radius 1 is 0.857 bits per heavy atom. The SMILES string of the molecule is Cc1ccc(S(=O)(=O)[N-][n+]2cc3cc(F)ccc3cc2-c2ccccc2)cc1. The lowest BCUT2D eigenvalue weighted by Crippen LogP contribution is -2.34. The average Bonchev–Trinajstić information content (AvgIpc) is 2.68. The van der Waals surface area contributed by atoms with Crippen LogP contribution in [0.2, 0.25) is 0 Å². The van der Waals surface area contributed by atoms with Gasteiger partial charge in [0.1, 0.15) is 5.82 Å². The first kappa shape index (κ1) is 18.1. The van der Waals surface area contributed by atoms with E-state index >= 15 is 0 Å². The summed E-state index contributed by atoms with van der Waals surface area (Å²) in [6.07, 6.45) is 1.53. The van der Waals surface area contributed by atoms with Gasteiger partial charge in [-0.25, -0.2) is 17.5 Å². The largest absolute Gasteiger partial charge is 0.317 e. The third kappa shape index (κ3) is 3.59. The van der Waals surface area contributed by atoms with Crippen molar-refractivity contribution >= 4 is 20.8 Å². The molecule has 6 heteroatoms. The fourth-order valence-electron chi connectivity index (χ4n) is 2.97. The molecule has 0 aliphatic rings. The summed E-state index contributed by atoms with van der Waals surface area (Å²) in [6.45, 7) is 1.88. The van der Waals surface area contributed by atoms with Crippen LogP contribution in [0.15, 0.2) is 90.0 Å². The zero-order valence-corrected chi connectivity index (χ0v) is 15.9. The summed E-state index contributed by atoms with van der Waals surface area (Å²) in [4.78, 5) is 4.11. The molecular weight excluding hydrogens is 375 g/mol. The van der Waals surface area contributed by atoms with E-state index in [9.17, 15) is 12.8 Å². The highest BCUT2D eigenvalue weighted by Gasteiger charge is 2.16. The van der Waals surface area contributed by atoms with Crippen molar-refractivity contribution in [2.45, 2.75) is 11.8 Å². The molecule has 4 aromatic rings. The molecule has 0 aliphatic carbocycles. The maximum absolute atomic E-state index is 13.7. The maximum Gasteiger partial charge on any atom is 0.209 e. The molecule has 0 radical (unpaired) electrons. The van der Waals surface area contributed by atoms with Crippen molar-refractivity contribution < 1.29 is 17.5 Å². The Morgan fingerprint density at radius 3 is 2.29 bits per heavy atom. The van der Waals surface area contributed by atoms with Crippen LogP contribution < -0.4 is 4.68 Å². The number of pyridine rings is 1. The van der Waals surface area contributed by atoms with Crippen molar-refractivity contribution in [3.05, 3.63) is 101 Å². The smallest absolute Gasteiger partial charge is 0.209 e. The minimum Gasteiger partial charge on any atom is -0.317 e. The molecule has 28 heavy (non-hydrogen) atoms. The molecular formula is C22H17FN2O2S. The molecule has 0 unspecified atom stereocenters. The highest BCUT2D eigenvalue weighted by atomic mass is 32.2. The predicted molar refractivity (Wildman–Crippen MR) is 107 cm³/mol. The van der Waals surface area contributed by atoms with E-state index in [2.05, 4.69) is 4.83 Å². The molecule has 1 aromatic heterocycles. The molecule has 0 fully saturated rings. The third-order valence-electron chi connectivity index (χ3n) is 4.43. The Labute approximate surface area is 162 Å². The standard InChI is InChI=1S/C22H17FN2O2S/c1-16-7-11-21(12-8-16)28(26,27)24-25-15-19-13-20(23)10-9-18(19)14-22(25)17-5-3-2-4-6-17/h2-15H,1H3. The summed E-state index contributed by atoms with van der Waals surface area (Å²) in [5.41, 5.74) is 2.35. The van der Waals surface area contributed by atoms with E-state index in [1.807, 2.05) is 37.3 Å². The average molecular weight is 392 g/mol. The lowest BCUT2D eigenvalue weighted by molar-refractivity contribution is -0.600. The number of sulfonamides is 1. The summed E-state index contributed by atoms with van der Waals surface area (Å²) < 4.78 is 40.6. The van der Waals surface area contributed by atoms with E-state index in [0.717, 1.165) is 16.5 Å². The second-order valence-corrected chi connectivity index (χ2v) is 8.10. The highest BCUT2D eigenvalue weighted by molar-refractivity contribution is 7.93. The Hall–Kier alpha value is -3.25. The van der Waals surface area contributed by atoms with Gasteiger partial charge in [0, 0.05) is 17.0 Å². The van der Waals surface area contributed by atoms with Crippen LogP contribution in [-0.4, -0.2) is 8.42 Å². The minimum atomic E-state index is -3.95. The number of benzene rings is 3. The number of aromatic nitrogens is 1. The van der Waals surface area contributed by atoms with Gasteiger partial charge in [-0.05, 0) is 48.7 Å². The highest BCUT2D eigenvalue weighted by Crippen LogP contribution is 2.24. The van der Waals surface area contributed by atoms with Crippen LogP contribution in [0.4, 0.5) is 4.39 Å². The fraction of sp³-hybridized carbons (Fsp3) is 0.0455. The van der Waals surface area contributed by atoms with Crippen molar-refractivity contribution in [2.75, 3.05) is 0 Å². The molecule has 0 atom stereocenters. The minimum absolute atomic E-state index is 0.101. The number of aryl methyl sites for hydroxylation is 1. The van der Waals surface area contributed by atoms with E-state index in [1.165, 1.54) is 35.1 Å². The number of halogens is 1. The zero-order chi connectivity index (χ0) is 19.7. The Morgan fingerprint density at radius 2 is 1.57 bits per heavy atom. The van der Waals surface area contributed by atoms with Crippen molar-refractivity contribution in [2.24, 2.45) is 0 Å². The molecule has 0 bridgehead atoms. The topological polar surface area (TPSA) is 52.1 Å². The normalized spacial score (nSPS) is 11.5. The molecule has 0 N–H and O–H groups in total. The molecule has 4 rings (SSSR count). The summed E-state index contributed by atoms with van der Waals surface area (Å²) in [5.74, 6) is -0.395. The summed E-state index contributed by atoms with van der Waals surface area (Å²) in [5, 5.41) is 1.35. The summed E-state index contributed by atoms with van der Waals surface area (Å²) >= 11 is 0. The third-order valence-corrected chi connectivity index (χ3v) is 5.69. The van der Waals surface area contributed by atoms with Crippen LogP contribution in [0.25, 0.3) is 26.9 Å². The van der Waals surface area contributed by atoms with E-state index in [4.69, 9.17) is 0 Å². The second kappa shape index (κ2) is 7.05. The van der Waals surface area contributed by atoms with E-state index in [1.54, 1.807) is 24.3 Å². The van der Waals surface area contributed by atoms with Gasteiger partial charge in [0.25, 0.3) is 0 Å². The van der Waals surface area contributed by atoms with Crippen molar-refractivity contribution in [1.82, 2.24) is 0 Å². The van der Waals surface area contributed by atoms with Crippen molar-refractivity contribution in [1.29, 1.82) is 0 Å². The van der Waals surface area contributed by atoms with Gasteiger partial charge in [0.2, 0.25) is 5.69 Å². The summed E-state index contributed by atoms with van der Waals surface area (Å²) in [7, 11) is -3.95. The fourth-order valence-corrected chi connectivity index (χ4v) is 3.91. The van der Waals surface area contributed by atoms with Crippen LogP contribution in [0.5, 0.6) is 0 Å². The van der Waals surface area contributed by atoms with Crippen LogP contribution in [0.3, 0.4) is 0 Å². The molecule has 1 heterocycles. The van der Waals surface area contributed by atoms with Gasteiger partial charge in [-0.2, -0.15) is 0 Å².